The van der Waals surface area contributed by atoms with Crippen LogP contribution in [0.3, 0.4) is 0 Å². The molecule has 0 unspecified atom stereocenters. The number of anilines is 1. The number of carboxylic acids is 1. The van der Waals surface area contributed by atoms with Gasteiger partial charge in [-0.1, -0.05) is 6.07 Å². The molecule has 1 amide bonds. The van der Waals surface area contributed by atoms with Crippen LogP contribution in [0.15, 0.2) is 30.6 Å². The van der Waals surface area contributed by atoms with Gasteiger partial charge in [-0.2, -0.15) is 9.90 Å². The lowest BCUT2D eigenvalue weighted by Gasteiger charge is -1.99. The predicted molar refractivity (Wildman–Crippen MR) is 59.8 cm³/mol. The third-order valence-electron chi connectivity index (χ3n) is 1.95. The van der Waals surface area contributed by atoms with Crippen molar-refractivity contribution < 1.29 is 14.7 Å². The van der Waals surface area contributed by atoms with Crippen LogP contribution in [0, 0.1) is 0 Å². The number of nitrogens with one attached hydrogen (secondary N) is 1. The molecule has 2 aromatic heterocycles. The van der Waals surface area contributed by atoms with E-state index >= 15 is 0 Å². The van der Waals surface area contributed by atoms with Gasteiger partial charge in [0.1, 0.15) is 5.69 Å². The molecule has 0 fully saturated rings. The fraction of sp³-hybridized carbons (Fsp3) is 0.100. The van der Waals surface area contributed by atoms with Crippen molar-refractivity contribution in [3.05, 3.63) is 36.3 Å². The molecule has 0 aliphatic carbocycles. The highest BCUT2D eigenvalue weighted by Crippen LogP contribution is 2.02. The minimum absolute atomic E-state index is 0.173. The Balaban J connectivity index is 2.04. The summed E-state index contributed by atoms with van der Waals surface area (Å²) in [6, 6.07) is 4.93. The van der Waals surface area contributed by atoms with E-state index in [0.29, 0.717) is 0 Å². The largest absolute Gasteiger partial charge is 0.480 e. The predicted octanol–water partition coefficient (Wildman–Crippen LogP) is 0.01000. The summed E-state index contributed by atoms with van der Waals surface area (Å²) in [6.07, 6.45) is 2.76. The molecule has 0 saturated heterocycles. The van der Waals surface area contributed by atoms with Crippen LogP contribution in [-0.2, 0) is 11.3 Å². The lowest BCUT2D eigenvalue weighted by molar-refractivity contribution is -0.138. The minimum Gasteiger partial charge on any atom is -0.480 e. The zero-order valence-electron chi connectivity index (χ0n) is 9.15. The molecule has 92 valence electrons. The maximum Gasteiger partial charge on any atom is 0.327 e. The van der Waals surface area contributed by atoms with E-state index in [1.165, 1.54) is 12.4 Å². The van der Waals surface area contributed by atoms with Crippen molar-refractivity contribution >= 4 is 17.7 Å². The van der Waals surface area contributed by atoms with Crippen LogP contribution in [0.2, 0.25) is 0 Å². The molecule has 0 aliphatic heterocycles. The summed E-state index contributed by atoms with van der Waals surface area (Å²) in [5.74, 6) is -1.32. The summed E-state index contributed by atoms with van der Waals surface area (Å²) in [5.41, 5.74) is 0.241. The first-order chi connectivity index (χ1) is 8.65. The molecule has 0 atom stereocenters. The van der Waals surface area contributed by atoms with Crippen LogP contribution in [0.5, 0.6) is 0 Å². The number of amides is 1. The standard InChI is InChI=1S/C10H9N5O3/c16-9(17)6-15-12-5-8(14-15)13-10(18)7-3-1-2-4-11-7/h1-5H,6H2,(H,16,17)(H,13,14,18). The molecule has 2 aromatic rings. The first-order valence-electron chi connectivity index (χ1n) is 4.99. The summed E-state index contributed by atoms with van der Waals surface area (Å²) >= 11 is 0. The average Bonchev–Trinajstić information content (AvgIpc) is 2.76. The summed E-state index contributed by atoms with van der Waals surface area (Å²) < 4.78 is 0. The average molecular weight is 247 g/mol. The second-order valence-corrected chi connectivity index (χ2v) is 3.32. The maximum atomic E-state index is 11.7. The zero-order chi connectivity index (χ0) is 13.0. The normalized spacial score (nSPS) is 10.0. The van der Waals surface area contributed by atoms with Gasteiger partial charge in [0.25, 0.3) is 5.91 Å². The molecule has 18 heavy (non-hydrogen) atoms. The lowest BCUT2D eigenvalue weighted by atomic mass is 10.3. The molecule has 0 spiro atoms. The Hall–Kier alpha value is -2.77. The highest BCUT2D eigenvalue weighted by Gasteiger charge is 2.10. The van der Waals surface area contributed by atoms with Gasteiger partial charge in [-0.25, -0.2) is 0 Å². The van der Waals surface area contributed by atoms with Crippen molar-refractivity contribution in [1.82, 2.24) is 20.0 Å². The Morgan fingerprint density at radius 2 is 2.22 bits per heavy atom. The third kappa shape index (κ3) is 2.88. The van der Waals surface area contributed by atoms with Crippen LogP contribution in [0.25, 0.3) is 0 Å². The van der Waals surface area contributed by atoms with Gasteiger partial charge in [0.15, 0.2) is 12.4 Å². The Morgan fingerprint density at radius 3 is 2.89 bits per heavy atom. The third-order valence-corrected chi connectivity index (χ3v) is 1.95. The highest BCUT2D eigenvalue weighted by molar-refractivity contribution is 6.02. The molecule has 0 radical (unpaired) electrons. The van der Waals surface area contributed by atoms with Crippen LogP contribution in [0.4, 0.5) is 5.82 Å². The zero-order valence-corrected chi connectivity index (χ0v) is 9.15. The van der Waals surface area contributed by atoms with Crippen molar-refractivity contribution in [2.24, 2.45) is 0 Å². The highest BCUT2D eigenvalue weighted by atomic mass is 16.4. The van der Waals surface area contributed by atoms with E-state index in [4.69, 9.17) is 5.11 Å². The van der Waals surface area contributed by atoms with Gasteiger partial charge < -0.3 is 10.4 Å². The summed E-state index contributed by atoms with van der Waals surface area (Å²) in [6.45, 7) is -0.362. The molecule has 8 heteroatoms. The van der Waals surface area contributed by atoms with Crippen LogP contribution < -0.4 is 5.32 Å². The fourth-order valence-electron chi connectivity index (χ4n) is 1.23. The molecule has 0 aromatic carbocycles. The van der Waals surface area contributed by atoms with Gasteiger partial charge >= 0.3 is 5.97 Å². The number of rotatable bonds is 4. The van der Waals surface area contributed by atoms with Gasteiger partial charge in [-0.15, -0.1) is 5.10 Å². The van der Waals surface area contributed by atoms with E-state index in [1.807, 2.05) is 0 Å². The Labute approximate surface area is 101 Å². The van der Waals surface area contributed by atoms with Crippen molar-refractivity contribution in [2.75, 3.05) is 5.32 Å². The number of hydrogen-bond donors (Lipinski definition) is 2. The molecule has 0 saturated carbocycles. The van der Waals surface area contributed by atoms with Gasteiger partial charge in [0.05, 0.1) is 6.20 Å². The maximum absolute atomic E-state index is 11.7. The molecular weight excluding hydrogens is 238 g/mol. The summed E-state index contributed by atoms with van der Waals surface area (Å²) in [5, 5.41) is 18.5. The Bertz CT molecular complexity index is 566. The van der Waals surface area contributed by atoms with Crippen molar-refractivity contribution in [3.8, 4) is 0 Å². The number of hydrogen-bond acceptors (Lipinski definition) is 5. The van der Waals surface area contributed by atoms with Crippen LogP contribution >= 0.6 is 0 Å². The van der Waals surface area contributed by atoms with Crippen LogP contribution in [-0.4, -0.2) is 37.0 Å². The van der Waals surface area contributed by atoms with E-state index in [1.54, 1.807) is 18.2 Å². The van der Waals surface area contributed by atoms with Crippen molar-refractivity contribution in [1.29, 1.82) is 0 Å². The topological polar surface area (TPSA) is 110 Å². The first-order valence-corrected chi connectivity index (χ1v) is 4.99. The number of carbonyl (C=O) groups excluding carboxylic acids is 1. The van der Waals surface area contributed by atoms with E-state index in [0.717, 1.165) is 4.80 Å². The van der Waals surface area contributed by atoms with Crippen molar-refractivity contribution in [3.63, 3.8) is 0 Å². The lowest BCUT2D eigenvalue weighted by Crippen LogP contribution is -2.15. The second-order valence-electron chi connectivity index (χ2n) is 3.32. The monoisotopic (exact) mass is 247 g/mol. The van der Waals surface area contributed by atoms with Gasteiger partial charge in [-0.3, -0.25) is 14.6 Å². The number of nitrogens with zero attached hydrogens (tertiary/aromatic N) is 4. The first kappa shape index (κ1) is 11.7. The SMILES string of the molecule is O=C(O)Cn1ncc(NC(=O)c2ccccn2)n1. The Morgan fingerprint density at radius 1 is 1.39 bits per heavy atom. The molecule has 0 bridgehead atoms. The molecular formula is C10H9N5O3. The molecule has 2 heterocycles. The smallest absolute Gasteiger partial charge is 0.327 e. The number of aromatic nitrogens is 4. The number of aliphatic carboxylic acids is 1. The molecule has 0 aliphatic rings. The summed E-state index contributed by atoms with van der Waals surface area (Å²) in [7, 11) is 0. The molecule has 2 N–H and O–H groups in total. The number of carbonyl (C=O) groups is 2. The Kier molecular flexibility index (Phi) is 3.28. The number of carboxylic acid groups (broad SMARTS) is 1. The van der Waals surface area contributed by atoms with E-state index in [9.17, 15) is 9.59 Å². The minimum atomic E-state index is -1.06. The van der Waals surface area contributed by atoms with E-state index in [2.05, 4.69) is 20.5 Å². The van der Waals surface area contributed by atoms with Crippen molar-refractivity contribution in [2.45, 2.75) is 6.54 Å². The summed E-state index contributed by atoms with van der Waals surface area (Å²) in [4.78, 5) is 26.9. The van der Waals surface area contributed by atoms with Crippen LogP contribution in [0.1, 0.15) is 10.5 Å². The number of pyridine rings is 1. The second kappa shape index (κ2) is 5.04. The van der Waals surface area contributed by atoms with Gasteiger partial charge in [0, 0.05) is 6.20 Å². The fourth-order valence-corrected chi connectivity index (χ4v) is 1.23. The van der Waals surface area contributed by atoms with Gasteiger partial charge in [-0.05, 0) is 12.1 Å². The van der Waals surface area contributed by atoms with E-state index < -0.39 is 11.9 Å². The molecule has 8 nitrogen and oxygen atoms in total. The molecule has 2 rings (SSSR count). The quantitative estimate of drug-likeness (QED) is 0.787. The van der Waals surface area contributed by atoms with Gasteiger partial charge in [0.2, 0.25) is 0 Å². The van der Waals surface area contributed by atoms with E-state index in [-0.39, 0.29) is 18.1 Å².